The molecule has 1 aromatic rings. The van der Waals surface area contributed by atoms with Gasteiger partial charge in [0.1, 0.15) is 5.42 Å². The number of hydrogen-bond acceptors (Lipinski definition) is 2. The van der Waals surface area contributed by atoms with Gasteiger partial charge in [-0.15, -0.1) is 0 Å². The molecule has 0 saturated heterocycles. The number of allylic oxidation sites excluding steroid dienone is 4. The number of hydrogen-bond donors (Lipinski definition) is 0. The van der Waals surface area contributed by atoms with Gasteiger partial charge in [0.2, 0.25) is 0 Å². The Balaban J connectivity index is 2.82. The molecule has 1 aliphatic carbocycles. The molecule has 0 saturated carbocycles. The first kappa shape index (κ1) is 8.75. The van der Waals surface area contributed by atoms with Crippen molar-refractivity contribution in [3.05, 3.63) is 57.0 Å². The molecule has 70 valence electrons. The van der Waals surface area contributed by atoms with Crippen molar-refractivity contribution < 1.29 is 4.42 Å². The highest BCUT2D eigenvalue weighted by Gasteiger charge is 1.90. The van der Waals surface area contributed by atoms with Crippen molar-refractivity contribution in [1.82, 2.24) is 0 Å². The zero-order chi connectivity index (χ0) is 9.97. The fourth-order valence-corrected chi connectivity index (χ4v) is 1.28. The maximum Gasteiger partial charge on any atom is 0.336 e. The normalized spacial score (nSPS) is 25.1. The molecule has 1 heterocycles. The quantitative estimate of drug-likeness (QED) is 0.597. The lowest BCUT2D eigenvalue weighted by Crippen LogP contribution is -2.28. The van der Waals surface area contributed by atoms with E-state index in [1.54, 1.807) is 6.07 Å². The Morgan fingerprint density at radius 2 is 2.00 bits per heavy atom. The van der Waals surface area contributed by atoms with E-state index in [9.17, 15) is 4.79 Å². The minimum absolute atomic E-state index is 0.316. The highest BCUT2D eigenvalue weighted by Crippen LogP contribution is 1.95. The maximum atomic E-state index is 11.0. The van der Waals surface area contributed by atoms with E-state index in [1.165, 1.54) is 6.07 Å². The Labute approximate surface area is 81.2 Å². The Kier molecular flexibility index (Phi) is 2.19. The summed E-state index contributed by atoms with van der Waals surface area (Å²) < 4.78 is 5.06. The summed E-state index contributed by atoms with van der Waals surface area (Å²) in [6.07, 6.45) is 9.60. The molecule has 1 aromatic heterocycles. The van der Waals surface area contributed by atoms with Crippen molar-refractivity contribution in [2.75, 3.05) is 0 Å². The lowest BCUT2D eigenvalue weighted by atomic mass is 10.2. The Morgan fingerprint density at radius 1 is 1.14 bits per heavy atom. The van der Waals surface area contributed by atoms with Gasteiger partial charge in [-0.1, -0.05) is 29.9 Å². The highest BCUT2D eigenvalue weighted by molar-refractivity contribution is 5.48. The third-order valence-electron chi connectivity index (χ3n) is 2.03. The first-order valence-electron chi connectivity index (χ1n) is 4.43. The van der Waals surface area contributed by atoms with E-state index in [2.05, 4.69) is 0 Å². The summed E-state index contributed by atoms with van der Waals surface area (Å²) in [5.41, 5.74) is 1.42. The standard InChI is InChI=1S/C12H10O2/c1-9-3-2-4-10-6-8-12(13)14-11(10)7-5-9/h2-8H,1H3/b3-2-,4-2?,7-5?,9-3?,9-5-,10-4-,11-7+. The third-order valence-corrected chi connectivity index (χ3v) is 2.03. The smallest absolute Gasteiger partial charge is 0.336 e. The summed E-state index contributed by atoms with van der Waals surface area (Å²) in [5.74, 6) is 0. The van der Waals surface area contributed by atoms with Crippen molar-refractivity contribution in [3.8, 4) is 0 Å². The van der Waals surface area contributed by atoms with Crippen molar-refractivity contribution >= 4 is 12.2 Å². The molecule has 0 aromatic carbocycles. The van der Waals surface area contributed by atoms with Crippen molar-refractivity contribution in [1.29, 1.82) is 0 Å². The molecule has 2 heteroatoms. The fraction of sp³-hybridized carbons (Fsp3) is 0.0833. The van der Waals surface area contributed by atoms with Crippen LogP contribution in [0.4, 0.5) is 0 Å². The van der Waals surface area contributed by atoms with E-state index in [0.29, 0.717) is 5.42 Å². The summed E-state index contributed by atoms with van der Waals surface area (Å²) in [6.45, 7) is 1.99. The monoisotopic (exact) mass is 186 g/mol. The average molecular weight is 186 g/mol. The number of fused-ring (bicyclic) bond motifs is 1. The van der Waals surface area contributed by atoms with Gasteiger partial charge in [-0.3, -0.25) is 0 Å². The van der Waals surface area contributed by atoms with Gasteiger partial charge in [0, 0.05) is 11.3 Å². The Hall–Kier alpha value is -1.83. The van der Waals surface area contributed by atoms with E-state index >= 15 is 0 Å². The lowest BCUT2D eigenvalue weighted by Gasteiger charge is -1.92. The SMILES string of the molecule is CC1=C/C=c2/oc(=O)cc/c2=C/C=C\1. The molecule has 2 nitrogen and oxygen atoms in total. The first-order valence-corrected chi connectivity index (χ1v) is 4.43. The Morgan fingerprint density at radius 3 is 2.86 bits per heavy atom. The van der Waals surface area contributed by atoms with Gasteiger partial charge in [0.25, 0.3) is 0 Å². The molecule has 0 atom stereocenters. The van der Waals surface area contributed by atoms with E-state index in [1.807, 2.05) is 37.3 Å². The molecular weight excluding hydrogens is 176 g/mol. The maximum absolute atomic E-state index is 11.0. The summed E-state index contributed by atoms with van der Waals surface area (Å²) in [4.78, 5) is 11.0. The van der Waals surface area contributed by atoms with Crippen molar-refractivity contribution in [2.24, 2.45) is 0 Å². The highest BCUT2D eigenvalue weighted by atomic mass is 16.4. The summed E-state index contributed by atoms with van der Waals surface area (Å²) in [7, 11) is 0. The van der Waals surface area contributed by atoms with E-state index < -0.39 is 0 Å². The van der Waals surface area contributed by atoms with Crippen LogP contribution in [0.25, 0.3) is 12.2 Å². The van der Waals surface area contributed by atoms with Crippen LogP contribution in [-0.2, 0) is 0 Å². The molecule has 0 bridgehead atoms. The second-order valence-electron chi connectivity index (χ2n) is 3.18. The third kappa shape index (κ3) is 1.74. The molecule has 0 N–H and O–H groups in total. The zero-order valence-corrected chi connectivity index (χ0v) is 7.86. The van der Waals surface area contributed by atoms with Crippen LogP contribution in [0.5, 0.6) is 0 Å². The predicted molar refractivity (Wildman–Crippen MR) is 56.1 cm³/mol. The topological polar surface area (TPSA) is 30.2 Å². The minimum Gasteiger partial charge on any atom is -0.423 e. The van der Waals surface area contributed by atoms with Crippen molar-refractivity contribution in [2.45, 2.75) is 6.92 Å². The predicted octanol–water partition coefficient (Wildman–Crippen LogP) is 0.717. The van der Waals surface area contributed by atoms with Gasteiger partial charge < -0.3 is 4.42 Å². The van der Waals surface area contributed by atoms with Crippen LogP contribution in [0.3, 0.4) is 0 Å². The van der Waals surface area contributed by atoms with Gasteiger partial charge in [0.05, 0.1) is 0 Å². The van der Waals surface area contributed by atoms with Crippen LogP contribution in [0.1, 0.15) is 6.92 Å². The molecule has 0 unspecified atom stereocenters. The summed E-state index contributed by atoms with van der Waals surface area (Å²) >= 11 is 0. The van der Waals surface area contributed by atoms with Crippen LogP contribution in [0.15, 0.2) is 45.1 Å². The van der Waals surface area contributed by atoms with Crippen LogP contribution in [0, 0.1) is 0 Å². The second-order valence-corrected chi connectivity index (χ2v) is 3.18. The molecule has 0 aliphatic heterocycles. The molecule has 0 radical (unpaired) electrons. The van der Waals surface area contributed by atoms with Crippen LogP contribution >= 0.6 is 0 Å². The van der Waals surface area contributed by atoms with Crippen LogP contribution in [-0.4, -0.2) is 0 Å². The van der Waals surface area contributed by atoms with Gasteiger partial charge in [0.15, 0.2) is 0 Å². The first-order chi connectivity index (χ1) is 6.75. The lowest BCUT2D eigenvalue weighted by molar-refractivity contribution is 0.474. The van der Waals surface area contributed by atoms with Gasteiger partial charge in [-0.05, 0) is 19.1 Å². The van der Waals surface area contributed by atoms with E-state index in [-0.39, 0.29) is 5.63 Å². The molecule has 2 rings (SSSR count). The summed E-state index contributed by atoms with van der Waals surface area (Å²) in [6, 6.07) is 3.19. The molecule has 0 spiro atoms. The van der Waals surface area contributed by atoms with Gasteiger partial charge in [-0.25, -0.2) is 4.79 Å². The minimum atomic E-state index is -0.316. The Bertz CT molecular complexity index is 571. The van der Waals surface area contributed by atoms with E-state index in [0.717, 1.165) is 10.8 Å². The summed E-state index contributed by atoms with van der Waals surface area (Å²) in [5, 5.41) is 0.921. The average Bonchev–Trinajstić information content (AvgIpc) is 2.15. The molecule has 14 heavy (non-hydrogen) atoms. The number of rotatable bonds is 0. The van der Waals surface area contributed by atoms with Crippen molar-refractivity contribution in [3.63, 3.8) is 0 Å². The van der Waals surface area contributed by atoms with Gasteiger partial charge in [-0.2, -0.15) is 0 Å². The molecule has 0 fully saturated rings. The zero-order valence-electron chi connectivity index (χ0n) is 7.86. The molecular formula is C12H10O2. The fourth-order valence-electron chi connectivity index (χ4n) is 1.28. The largest absolute Gasteiger partial charge is 0.423 e. The molecule has 1 aliphatic rings. The second kappa shape index (κ2) is 3.50. The van der Waals surface area contributed by atoms with Gasteiger partial charge >= 0.3 is 5.63 Å². The van der Waals surface area contributed by atoms with Crippen LogP contribution < -0.4 is 16.3 Å². The van der Waals surface area contributed by atoms with Crippen LogP contribution in [0.2, 0.25) is 0 Å². The van der Waals surface area contributed by atoms with E-state index in [4.69, 9.17) is 4.42 Å². The molecule has 0 amide bonds.